The van der Waals surface area contributed by atoms with Gasteiger partial charge in [0.25, 0.3) is 0 Å². The molecular formula is C21H36N4O3. The quantitative estimate of drug-likeness (QED) is 0.469. The van der Waals surface area contributed by atoms with Gasteiger partial charge in [0.2, 0.25) is 0 Å². The minimum atomic E-state index is -0.0238. The molecule has 0 aromatic heterocycles. The van der Waals surface area contributed by atoms with Crippen LogP contribution in [0.3, 0.4) is 0 Å². The van der Waals surface area contributed by atoms with Crippen molar-refractivity contribution in [3.8, 4) is 11.5 Å². The number of likely N-dealkylation sites (N-methyl/N-ethyl adjacent to an activating group) is 2. The largest absolute Gasteiger partial charge is 0.493 e. The molecule has 2 N–H and O–H groups in total. The molecule has 0 amide bonds. The summed E-state index contributed by atoms with van der Waals surface area (Å²) in [5.74, 6) is 2.21. The number of benzene rings is 1. The summed E-state index contributed by atoms with van der Waals surface area (Å²) in [6.45, 7) is 9.24. The van der Waals surface area contributed by atoms with Gasteiger partial charge in [-0.15, -0.1) is 0 Å². The van der Waals surface area contributed by atoms with E-state index in [1.807, 2.05) is 18.2 Å². The van der Waals surface area contributed by atoms with Crippen molar-refractivity contribution in [2.24, 2.45) is 4.99 Å². The lowest BCUT2D eigenvalue weighted by Crippen LogP contribution is -2.45. The molecule has 1 saturated heterocycles. The van der Waals surface area contributed by atoms with E-state index < -0.39 is 0 Å². The molecule has 7 heteroatoms. The average Bonchev–Trinajstić information content (AvgIpc) is 3.16. The number of hydrogen-bond donors (Lipinski definition) is 2. The van der Waals surface area contributed by atoms with Gasteiger partial charge in [-0.05, 0) is 50.6 Å². The Hall–Kier alpha value is -1.99. The number of guanidine groups is 1. The molecule has 0 saturated carbocycles. The Morgan fingerprint density at radius 2 is 2.18 bits per heavy atom. The number of rotatable bonds is 10. The van der Waals surface area contributed by atoms with Gasteiger partial charge in [-0.1, -0.05) is 13.0 Å². The molecule has 158 valence electrons. The van der Waals surface area contributed by atoms with Crippen LogP contribution in [0.15, 0.2) is 23.2 Å². The predicted molar refractivity (Wildman–Crippen MR) is 113 cm³/mol. The normalized spacial score (nSPS) is 17.6. The molecule has 1 aliphatic rings. The monoisotopic (exact) mass is 392 g/mol. The summed E-state index contributed by atoms with van der Waals surface area (Å²) >= 11 is 0. The summed E-state index contributed by atoms with van der Waals surface area (Å²) in [5, 5.41) is 12.3. The Balaban J connectivity index is 2.04. The lowest BCUT2D eigenvalue weighted by Gasteiger charge is -2.29. The number of nitrogens with one attached hydrogen (secondary N) is 1. The maximum absolute atomic E-state index is 8.93. The van der Waals surface area contributed by atoms with Gasteiger partial charge in [0, 0.05) is 26.2 Å². The van der Waals surface area contributed by atoms with E-state index >= 15 is 0 Å². The summed E-state index contributed by atoms with van der Waals surface area (Å²) < 4.78 is 10.9. The Kier molecular flexibility index (Phi) is 9.37. The highest BCUT2D eigenvalue weighted by Crippen LogP contribution is 2.28. The van der Waals surface area contributed by atoms with Crippen molar-refractivity contribution in [2.45, 2.75) is 39.3 Å². The number of ether oxygens (including phenoxy) is 2. The summed E-state index contributed by atoms with van der Waals surface area (Å²) in [6.07, 6.45) is 2.54. The number of hydrogen-bond acceptors (Lipinski definition) is 5. The highest BCUT2D eigenvalue weighted by molar-refractivity contribution is 5.79. The zero-order valence-corrected chi connectivity index (χ0v) is 17.8. The number of methoxy groups -OCH3 is 1. The second kappa shape index (κ2) is 11.8. The van der Waals surface area contributed by atoms with Gasteiger partial charge in [-0.2, -0.15) is 0 Å². The zero-order chi connectivity index (χ0) is 20.4. The lowest BCUT2D eigenvalue weighted by molar-refractivity contribution is 0.196. The Morgan fingerprint density at radius 3 is 2.86 bits per heavy atom. The van der Waals surface area contributed by atoms with Crippen molar-refractivity contribution in [1.29, 1.82) is 0 Å². The highest BCUT2D eigenvalue weighted by Gasteiger charge is 2.24. The Morgan fingerprint density at radius 1 is 1.36 bits per heavy atom. The minimum Gasteiger partial charge on any atom is -0.493 e. The minimum absolute atomic E-state index is 0.0238. The van der Waals surface area contributed by atoms with Crippen molar-refractivity contribution in [3.05, 3.63) is 23.8 Å². The summed E-state index contributed by atoms with van der Waals surface area (Å²) in [7, 11) is 3.73. The Bertz CT molecular complexity index is 624. The maximum atomic E-state index is 8.93. The SMILES string of the molecule is CCNC(=NCc1ccc(OCCO)c(OC)c1)N(C)CC1CCCN1CC. The van der Waals surface area contributed by atoms with Crippen molar-refractivity contribution >= 4 is 5.96 Å². The van der Waals surface area contributed by atoms with E-state index in [0.717, 1.165) is 31.2 Å². The van der Waals surface area contributed by atoms with Crippen molar-refractivity contribution in [3.63, 3.8) is 0 Å². The molecule has 1 heterocycles. The van der Waals surface area contributed by atoms with E-state index in [9.17, 15) is 0 Å². The van der Waals surface area contributed by atoms with Crippen LogP contribution in [0.2, 0.25) is 0 Å². The molecule has 1 aliphatic heterocycles. The molecule has 1 unspecified atom stereocenters. The third-order valence-corrected chi connectivity index (χ3v) is 5.07. The second-order valence-electron chi connectivity index (χ2n) is 7.03. The maximum Gasteiger partial charge on any atom is 0.194 e. The van der Waals surface area contributed by atoms with E-state index in [1.165, 1.54) is 19.4 Å². The first-order valence-corrected chi connectivity index (χ1v) is 10.3. The standard InChI is InChI=1S/C21H36N4O3/c1-5-22-21(24(3)16-18-8-7-11-25(18)6-2)23-15-17-9-10-19(28-13-12-26)20(14-17)27-4/h9-10,14,18,26H,5-8,11-13,15-16H2,1-4H3,(H,22,23). The fourth-order valence-electron chi connectivity index (χ4n) is 3.64. The van der Waals surface area contributed by atoms with Crippen LogP contribution in [-0.2, 0) is 6.54 Å². The summed E-state index contributed by atoms with van der Waals surface area (Å²) in [4.78, 5) is 9.61. The van der Waals surface area contributed by atoms with E-state index in [0.29, 0.717) is 24.1 Å². The van der Waals surface area contributed by atoms with Crippen LogP contribution in [0.25, 0.3) is 0 Å². The van der Waals surface area contributed by atoms with E-state index in [-0.39, 0.29) is 13.2 Å². The van der Waals surface area contributed by atoms with Gasteiger partial charge in [0.05, 0.1) is 20.3 Å². The second-order valence-corrected chi connectivity index (χ2v) is 7.03. The molecule has 28 heavy (non-hydrogen) atoms. The first kappa shape index (κ1) is 22.3. The van der Waals surface area contributed by atoms with E-state index in [2.05, 4.69) is 36.0 Å². The van der Waals surface area contributed by atoms with Gasteiger partial charge >= 0.3 is 0 Å². The van der Waals surface area contributed by atoms with Gasteiger partial charge < -0.3 is 24.8 Å². The fourth-order valence-corrected chi connectivity index (χ4v) is 3.64. The molecule has 1 atom stereocenters. The van der Waals surface area contributed by atoms with Crippen LogP contribution in [0.4, 0.5) is 0 Å². The third kappa shape index (κ3) is 6.27. The molecule has 1 aromatic rings. The smallest absolute Gasteiger partial charge is 0.194 e. The van der Waals surface area contributed by atoms with Gasteiger partial charge in [-0.3, -0.25) is 4.90 Å². The molecule has 2 rings (SSSR count). The Labute approximate surface area is 169 Å². The number of likely N-dealkylation sites (tertiary alicyclic amines) is 1. The first-order chi connectivity index (χ1) is 13.6. The van der Waals surface area contributed by atoms with Crippen molar-refractivity contribution in [2.75, 3.05) is 53.6 Å². The predicted octanol–water partition coefficient (Wildman–Crippen LogP) is 1.95. The van der Waals surface area contributed by atoms with Crippen LogP contribution in [0.1, 0.15) is 32.3 Å². The zero-order valence-electron chi connectivity index (χ0n) is 17.8. The molecule has 7 nitrogen and oxygen atoms in total. The van der Waals surface area contributed by atoms with E-state index in [1.54, 1.807) is 7.11 Å². The molecular weight excluding hydrogens is 356 g/mol. The third-order valence-electron chi connectivity index (χ3n) is 5.07. The lowest BCUT2D eigenvalue weighted by atomic mass is 10.2. The average molecular weight is 393 g/mol. The van der Waals surface area contributed by atoms with Crippen molar-refractivity contribution in [1.82, 2.24) is 15.1 Å². The van der Waals surface area contributed by atoms with Gasteiger partial charge in [-0.25, -0.2) is 4.99 Å². The topological polar surface area (TPSA) is 69.6 Å². The van der Waals surface area contributed by atoms with Gasteiger partial charge in [0.1, 0.15) is 6.61 Å². The molecule has 0 aliphatic carbocycles. The fraction of sp³-hybridized carbons (Fsp3) is 0.667. The van der Waals surface area contributed by atoms with Crippen LogP contribution in [-0.4, -0.2) is 80.5 Å². The molecule has 0 bridgehead atoms. The summed E-state index contributed by atoms with van der Waals surface area (Å²) in [6, 6.07) is 6.39. The molecule has 1 fully saturated rings. The number of aliphatic hydroxyl groups excluding tert-OH is 1. The molecule has 0 radical (unpaired) electrons. The van der Waals surface area contributed by atoms with E-state index in [4.69, 9.17) is 19.6 Å². The molecule has 0 spiro atoms. The van der Waals surface area contributed by atoms with Crippen LogP contribution in [0.5, 0.6) is 11.5 Å². The molecule has 1 aromatic carbocycles. The van der Waals surface area contributed by atoms with Crippen molar-refractivity contribution < 1.29 is 14.6 Å². The first-order valence-electron chi connectivity index (χ1n) is 10.3. The summed E-state index contributed by atoms with van der Waals surface area (Å²) in [5.41, 5.74) is 1.05. The highest BCUT2D eigenvalue weighted by atomic mass is 16.5. The van der Waals surface area contributed by atoms with Crippen LogP contribution >= 0.6 is 0 Å². The van der Waals surface area contributed by atoms with Gasteiger partial charge in [0.15, 0.2) is 17.5 Å². The number of nitrogens with zero attached hydrogens (tertiary/aromatic N) is 3. The van der Waals surface area contributed by atoms with Crippen LogP contribution < -0.4 is 14.8 Å². The number of aliphatic hydroxyl groups is 1. The number of aliphatic imine (C=N–C) groups is 1. The van der Waals surface area contributed by atoms with Crippen LogP contribution in [0, 0.1) is 0 Å².